The van der Waals surface area contributed by atoms with Crippen LogP contribution in [-0.4, -0.2) is 6.29 Å². The molecule has 0 aliphatic carbocycles. The van der Waals surface area contributed by atoms with Crippen LogP contribution < -0.4 is 4.74 Å². The predicted molar refractivity (Wildman–Crippen MR) is 72.0 cm³/mol. The van der Waals surface area contributed by atoms with Crippen LogP contribution in [0.4, 0.5) is 13.2 Å². The van der Waals surface area contributed by atoms with Crippen molar-refractivity contribution in [2.24, 2.45) is 0 Å². The molecule has 0 amide bonds. The molecule has 0 atom stereocenters. The van der Waals surface area contributed by atoms with E-state index in [1.807, 2.05) is 0 Å². The smallest absolute Gasteiger partial charge is 0.416 e. The van der Waals surface area contributed by atoms with Gasteiger partial charge in [0.05, 0.1) is 5.56 Å². The van der Waals surface area contributed by atoms with E-state index in [0.29, 0.717) is 17.7 Å². The van der Waals surface area contributed by atoms with Crippen molar-refractivity contribution in [1.82, 2.24) is 0 Å². The number of hydrogen-bond donors (Lipinski definition) is 0. The van der Waals surface area contributed by atoms with Crippen LogP contribution in [0.15, 0.2) is 48.5 Å². The Morgan fingerprint density at radius 3 is 2.33 bits per heavy atom. The maximum absolute atomic E-state index is 12.4. The largest absolute Gasteiger partial charge is 0.489 e. The van der Waals surface area contributed by atoms with Crippen molar-refractivity contribution in [3.05, 3.63) is 65.2 Å². The summed E-state index contributed by atoms with van der Waals surface area (Å²) >= 11 is 0. The summed E-state index contributed by atoms with van der Waals surface area (Å²) in [4.78, 5) is 10.4. The number of carbonyl (C=O) groups is 1. The number of benzene rings is 2. The zero-order valence-electron chi connectivity index (χ0n) is 11.1. The summed E-state index contributed by atoms with van der Waals surface area (Å²) in [5.41, 5.74) is 0.790. The van der Waals surface area contributed by atoms with Gasteiger partial charge in [-0.1, -0.05) is 24.3 Å². The van der Waals surface area contributed by atoms with Crippen LogP contribution in [0.25, 0.3) is 0 Å². The second kappa shape index (κ2) is 6.43. The fraction of sp³-hybridized carbons (Fsp3) is 0.188. The highest BCUT2D eigenvalue weighted by Gasteiger charge is 2.29. The fourth-order valence-corrected chi connectivity index (χ4v) is 1.82. The molecule has 0 aliphatic heterocycles. The minimum absolute atomic E-state index is 0.169. The molecule has 0 radical (unpaired) electrons. The van der Waals surface area contributed by atoms with E-state index in [1.165, 1.54) is 12.1 Å². The Kier molecular flexibility index (Phi) is 4.62. The van der Waals surface area contributed by atoms with Crippen LogP contribution in [0.5, 0.6) is 5.75 Å². The topological polar surface area (TPSA) is 26.3 Å². The van der Waals surface area contributed by atoms with Gasteiger partial charge < -0.3 is 9.53 Å². The molecule has 2 aromatic carbocycles. The Hall–Kier alpha value is -2.30. The summed E-state index contributed by atoms with van der Waals surface area (Å²) in [6.07, 6.45) is -3.23. The molecule has 110 valence electrons. The minimum atomic E-state index is -4.33. The average Bonchev–Trinajstić information content (AvgIpc) is 2.45. The number of carbonyl (C=O) groups excluding carboxylic acids is 1. The van der Waals surface area contributed by atoms with Gasteiger partial charge in [0.1, 0.15) is 18.6 Å². The van der Waals surface area contributed by atoms with E-state index in [4.69, 9.17) is 4.74 Å². The van der Waals surface area contributed by atoms with Crippen LogP contribution >= 0.6 is 0 Å². The lowest BCUT2D eigenvalue weighted by atomic mass is 10.1. The Balaban J connectivity index is 1.99. The number of rotatable bonds is 5. The van der Waals surface area contributed by atoms with E-state index < -0.39 is 11.7 Å². The summed E-state index contributed by atoms with van der Waals surface area (Å²) < 4.78 is 42.8. The van der Waals surface area contributed by atoms with Gasteiger partial charge in [-0.25, -0.2) is 0 Å². The van der Waals surface area contributed by atoms with E-state index in [2.05, 4.69) is 0 Å². The number of ether oxygens (including phenoxy) is 1. The van der Waals surface area contributed by atoms with E-state index in [1.54, 1.807) is 24.3 Å². The maximum Gasteiger partial charge on any atom is 0.416 e. The molecular formula is C16H13F3O2. The summed E-state index contributed by atoms with van der Waals surface area (Å²) in [6.45, 7) is 0.169. The lowest BCUT2D eigenvalue weighted by molar-refractivity contribution is -0.137. The van der Waals surface area contributed by atoms with Crippen molar-refractivity contribution < 1.29 is 22.7 Å². The third kappa shape index (κ3) is 4.34. The Labute approximate surface area is 120 Å². The third-order valence-corrected chi connectivity index (χ3v) is 2.90. The number of hydrogen-bond acceptors (Lipinski definition) is 2. The zero-order valence-corrected chi connectivity index (χ0v) is 11.1. The van der Waals surface area contributed by atoms with E-state index in [9.17, 15) is 18.0 Å². The first-order valence-electron chi connectivity index (χ1n) is 6.30. The molecule has 0 spiro atoms. The molecule has 0 bridgehead atoms. The number of alkyl halides is 3. The molecule has 21 heavy (non-hydrogen) atoms. The molecule has 0 unspecified atom stereocenters. The maximum atomic E-state index is 12.4. The summed E-state index contributed by atoms with van der Waals surface area (Å²) in [7, 11) is 0. The van der Waals surface area contributed by atoms with Gasteiger partial charge in [0, 0.05) is 6.42 Å². The van der Waals surface area contributed by atoms with Crippen molar-refractivity contribution in [1.29, 1.82) is 0 Å². The second-order valence-corrected chi connectivity index (χ2v) is 4.50. The molecule has 0 aromatic heterocycles. The summed E-state index contributed by atoms with van der Waals surface area (Å²) in [5, 5.41) is 0. The van der Waals surface area contributed by atoms with Gasteiger partial charge in [0.25, 0.3) is 0 Å². The molecule has 0 saturated heterocycles. The molecule has 0 saturated carbocycles. The first kappa shape index (κ1) is 15.1. The molecule has 0 aliphatic rings. The van der Waals surface area contributed by atoms with Crippen molar-refractivity contribution in [3.8, 4) is 5.75 Å². The molecule has 0 heterocycles. The first-order chi connectivity index (χ1) is 9.99. The van der Waals surface area contributed by atoms with Crippen LogP contribution in [0, 0.1) is 0 Å². The van der Waals surface area contributed by atoms with E-state index in [0.717, 1.165) is 24.0 Å². The van der Waals surface area contributed by atoms with E-state index >= 15 is 0 Å². The minimum Gasteiger partial charge on any atom is -0.489 e. The highest BCUT2D eigenvalue weighted by molar-refractivity contribution is 5.55. The normalized spacial score (nSPS) is 11.2. The van der Waals surface area contributed by atoms with Gasteiger partial charge in [-0.2, -0.15) is 13.2 Å². The SMILES string of the molecule is O=CCc1cccc(OCc2ccc(C(F)(F)F)cc2)c1. The van der Waals surface area contributed by atoms with E-state index in [-0.39, 0.29) is 6.61 Å². The van der Waals surface area contributed by atoms with Crippen molar-refractivity contribution in [2.45, 2.75) is 19.2 Å². The molecule has 0 N–H and O–H groups in total. The van der Waals surface area contributed by atoms with Gasteiger partial charge >= 0.3 is 6.18 Å². The standard InChI is InChI=1S/C16H13F3O2/c17-16(18,19)14-6-4-13(5-7-14)11-21-15-3-1-2-12(10-15)8-9-20/h1-7,9-10H,8,11H2. The first-order valence-corrected chi connectivity index (χ1v) is 6.30. The van der Waals surface area contributed by atoms with Crippen molar-refractivity contribution in [2.75, 3.05) is 0 Å². The molecule has 2 nitrogen and oxygen atoms in total. The fourth-order valence-electron chi connectivity index (χ4n) is 1.82. The van der Waals surface area contributed by atoms with Crippen LogP contribution in [0.3, 0.4) is 0 Å². The third-order valence-electron chi connectivity index (χ3n) is 2.90. The average molecular weight is 294 g/mol. The lowest BCUT2D eigenvalue weighted by Crippen LogP contribution is -2.05. The molecular weight excluding hydrogens is 281 g/mol. The quantitative estimate of drug-likeness (QED) is 0.778. The molecule has 5 heteroatoms. The molecule has 2 aromatic rings. The summed E-state index contributed by atoms with van der Waals surface area (Å²) in [5.74, 6) is 0.578. The summed E-state index contributed by atoms with van der Waals surface area (Å²) in [6, 6.07) is 11.9. The highest BCUT2D eigenvalue weighted by Crippen LogP contribution is 2.29. The van der Waals surface area contributed by atoms with Gasteiger partial charge in [-0.15, -0.1) is 0 Å². The van der Waals surface area contributed by atoms with Gasteiger partial charge in [-0.3, -0.25) is 0 Å². The molecule has 0 fully saturated rings. The van der Waals surface area contributed by atoms with Crippen LogP contribution in [-0.2, 0) is 24.0 Å². The van der Waals surface area contributed by atoms with Crippen molar-refractivity contribution in [3.63, 3.8) is 0 Å². The van der Waals surface area contributed by atoms with Gasteiger partial charge in [-0.05, 0) is 35.4 Å². The van der Waals surface area contributed by atoms with Gasteiger partial charge in [0.2, 0.25) is 0 Å². The van der Waals surface area contributed by atoms with Gasteiger partial charge in [0.15, 0.2) is 0 Å². The highest BCUT2D eigenvalue weighted by atomic mass is 19.4. The Bertz CT molecular complexity index is 604. The number of aldehydes is 1. The predicted octanol–water partition coefficient (Wildman–Crippen LogP) is 4.03. The molecule has 2 rings (SSSR count). The zero-order chi connectivity index (χ0) is 15.3. The van der Waals surface area contributed by atoms with Crippen LogP contribution in [0.1, 0.15) is 16.7 Å². The Morgan fingerprint density at radius 1 is 1.00 bits per heavy atom. The number of halogens is 3. The second-order valence-electron chi connectivity index (χ2n) is 4.50. The Morgan fingerprint density at radius 2 is 1.71 bits per heavy atom. The van der Waals surface area contributed by atoms with Crippen molar-refractivity contribution >= 4 is 6.29 Å². The van der Waals surface area contributed by atoms with Crippen LogP contribution in [0.2, 0.25) is 0 Å². The lowest BCUT2D eigenvalue weighted by Gasteiger charge is -2.09. The monoisotopic (exact) mass is 294 g/mol.